The van der Waals surface area contributed by atoms with E-state index in [0.29, 0.717) is 6.04 Å². The molecule has 0 spiro atoms. The second kappa shape index (κ2) is 6.07. The molecular weight excluding hydrogens is 224 g/mol. The molecule has 2 rings (SSSR count). The highest BCUT2D eigenvalue weighted by atomic mass is 16.1. The van der Waals surface area contributed by atoms with Gasteiger partial charge in [-0.25, -0.2) is 0 Å². The van der Waals surface area contributed by atoms with Crippen LogP contribution in [0.1, 0.15) is 46.0 Å². The highest BCUT2D eigenvalue weighted by Crippen LogP contribution is 2.30. The first-order chi connectivity index (χ1) is 8.69. The van der Waals surface area contributed by atoms with Crippen LogP contribution in [-0.4, -0.2) is 10.6 Å². The monoisotopic (exact) mass is 248 g/mol. The number of rotatable bonds is 6. The normalized spacial score (nSPS) is 17.2. The van der Waals surface area contributed by atoms with E-state index in [-0.39, 0.29) is 5.56 Å². The molecule has 1 atom stereocenters. The summed E-state index contributed by atoms with van der Waals surface area (Å²) in [6.45, 7) is 5.12. The van der Waals surface area contributed by atoms with Crippen LogP contribution < -0.4 is 10.9 Å². The molecule has 1 aliphatic rings. The smallest absolute Gasteiger partial charge is 0.250 e. The fourth-order valence-electron chi connectivity index (χ4n) is 2.60. The lowest BCUT2D eigenvalue weighted by Crippen LogP contribution is -2.25. The average Bonchev–Trinajstić information content (AvgIpc) is 2.29. The molecule has 3 nitrogen and oxygen atoms in total. The molecule has 1 aromatic heterocycles. The predicted molar refractivity (Wildman–Crippen MR) is 76.0 cm³/mol. The number of nitrogens with one attached hydrogen (secondary N) is 1. The van der Waals surface area contributed by atoms with Gasteiger partial charge in [-0.2, -0.15) is 0 Å². The quantitative estimate of drug-likeness (QED) is 0.838. The zero-order valence-electron chi connectivity index (χ0n) is 11.5. The van der Waals surface area contributed by atoms with Crippen molar-refractivity contribution in [3.8, 4) is 0 Å². The molecule has 0 amide bonds. The van der Waals surface area contributed by atoms with E-state index >= 15 is 0 Å². The van der Waals surface area contributed by atoms with Crippen LogP contribution in [0, 0.1) is 5.92 Å². The second-order valence-corrected chi connectivity index (χ2v) is 5.53. The van der Waals surface area contributed by atoms with Gasteiger partial charge in [-0.15, -0.1) is 0 Å². The summed E-state index contributed by atoms with van der Waals surface area (Å²) in [4.78, 5) is 11.6. The number of hydrogen-bond donors (Lipinski definition) is 1. The molecule has 0 radical (unpaired) electrons. The van der Waals surface area contributed by atoms with Crippen LogP contribution in [0.25, 0.3) is 0 Å². The van der Waals surface area contributed by atoms with E-state index < -0.39 is 0 Å². The maximum atomic E-state index is 11.6. The Bertz CT molecular complexity index is 434. The Hall–Kier alpha value is -1.25. The molecular formula is C15H24N2O. The Morgan fingerprint density at radius 3 is 2.83 bits per heavy atom. The number of pyridine rings is 1. The van der Waals surface area contributed by atoms with Gasteiger partial charge in [-0.05, 0) is 31.7 Å². The molecule has 0 saturated heterocycles. The van der Waals surface area contributed by atoms with Crippen LogP contribution in [0.5, 0.6) is 0 Å². The van der Waals surface area contributed by atoms with Crippen LogP contribution in [0.2, 0.25) is 0 Å². The molecule has 1 N–H and O–H groups in total. The Labute approximate surface area is 109 Å². The van der Waals surface area contributed by atoms with Gasteiger partial charge < -0.3 is 9.88 Å². The van der Waals surface area contributed by atoms with Crippen molar-refractivity contribution in [2.75, 3.05) is 5.32 Å². The second-order valence-electron chi connectivity index (χ2n) is 5.53. The molecule has 0 aliphatic heterocycles. The predicted octanol–water partition coefficient (Wildman–Crippen LogP) is 3.25. The molecule has 1 fully saturated rings. The zero-order chi connectivity index (χ0) is 13.0. The highest BCUT2D eigenvalue weighted by molar-refractivity contribution is 5.41. The van der Waals surface area contributed by atoms with Crippen LogP contribution in [0.4, 0.5) is 5.69 Å². The molecule has 100 valence electrons. The summed E-state index contributed by atoms with van der Waals surface area (Å²) >= 11 is 0. The van der Waals surface area contributed by atoms with Crippen molar-refractivity contribution in [1.82, 2.24) is 4.57 Å². The van der Waals surface area contributed by atoms with E-state index in [1.54, 1.807) is 10.6 Å². The Kier molecular flexibility index (Phi) is 4.45. The maximum Gasteiger partial charge on any atom is 0.250 e. The summed E-state index contributed by atoms with van der Waals surface area (Å²) in [5.41, 5.74) is 1.16. The summed E-state index contributed by atoms with van der Waals surface area (Å²) in [5.74, 6) is 0.911. The molecule has 3 heteroatoms. The van der Waals surface area contributed by atoms with E-state index in [9.17, 15) is 4.79 Å². The lowest BCUT2D eigenvalue weighted by Gasteiger charge is -2.29. The van der Waals surface area contributed by atoms with Gasteiger partial charge in [-0.3, -0.25) is 4.79 Å². The number of nitrogens with zero attached hydrogens (tertiary/aromatic N) is 1. The summed E-state index contributed by atoms with van der Waals surface area (Å²) in [6.07, 6.45) is 8.36. The van der Waals surface area contributed by atoms with Crippen molar-refractivity contribution in [2.45, 2.75) is 58.5 Å². The third-order valence-electron chi connectivity index (χ3n) is 3.77. The fraction of sp³-hybridized carbons (Fsp3) is 0.667. The highest BCUT2D eigenvalue weighted by Gasteiger charge is 2.19. The van der Waals surface area contributed by atoms with Crippen molar-refractivity contribution < 1.29 is 0 Å². The van der Waals surface area contributed by atoms with Crippen LogP contribution in [-0.2, 0) is 6.54 Å². The number of anilines is 1. The van der Waals surface area contributed by atoms with Gasteiger partial charge >= 0.3 is 0 Å². The van der Waals surface area contributed by atoms with E-state index in [1.165, 1.54) is 25.7 Å². The summed E-state index contributed by atoms with van der Waals surface area (Å²) in [6, 6.07) is 4.04. The van der Waals surface area contributed by atoms with Crippen molar-refractivity contribution in [3.05, 3.63) is 28.7 Å². The largest absolute Gasteiger partial charge is 0.381 e. The van der Waals surface area contributed by atoms with Crippen molar-refractivity contribution in [1.29, 1.82) is 0 Å². The molecule has 0 aromatic carbocycles. The minimum absolute atomic E-state index is 0.0917. The van der Waals surface area contributed by atoms with Crippen LogP contribution in [0.15, 0.2) is 23.1 Å². The summed E-state index contributed by atoms with van der Waals surface area (Å²) in [5, 5.41) is 3.51. The minimum Gasteiger partial charge on any atom is -0.381 e. The first kappa shape index (κ1) is 13.2. The molecule has 1 unspecified atom stereocenters. The van der Waals surface area contributed by atoms with Crippen molar-refractivity contribution in [3.63, 3.8) is 0 Å². The average molecular weight is 248 g/mol. The SMILES string of the molecule is CCCn1cc(NC(C)CC2CCC2)ccc1=O. The van der Waals surface area contributed by atoms with Crippen LogP contribution in [0.3, 0.4) is 0 Å². The number of aromatic nitrogens is 1. The topological polar surface area (TPSA) is 34.0 Å². The Balaban J connectivity index is 1.95. The summed E-state index contributed by atoms with van der Waals surface area (Å²) in [7, 11) is 0. The van der Waals surface area contributed by atoms with Crippen LogP contribution >= 0.6 is 0 Å². The van der Waals surface area contributed by atoms with Crippen molar-refractivity contribution >= 4 is 5.69 Å². The molecule has 1 aliphatic carbocycles. The maximum absolute atomic E-state index is 11.6. The van der Waals surface area contributed by atoms with E-state index in [1.807, 2.05) is 12.3 Å². The van der Waals surface area contributed by atoms with Gasteiger partial charge in [0.15, 0.2) is 0 Å². The molecule has 1 heterocycles. The molecule has 1 aromatic rings. The molecule has 18 heavy (non-hydrogen) atoms. The van der Waals surface area contributed by atoms with E-state index in [0.717, 1.165) is 24.6 Å². The van der Waals surface area contributed by atoms with Gasteiger partial charge in [0.05, 0.1) is 5.69 Å². The number of hydrogen-bond acceptors (Lipinski definition) is 2. The minimum atomic E-state index is 0.0917. The molecule has 0 bridgehead atoms. The number of aryl methyl sites for hydroxylation is 1. The first-order valence-corrected chi connectivity index (χ1v) is 7.16. The van der Waals surface area contributed by atoms with Gasteiger partial charge in [0, 0.05) is 24.8 Å². The van der Waals surface area contributed by atoms with E-state index in [4.69, 9.17) is 0 Å². The van der Waals surface area contributed by atoms with Gasteiger partial charge in [-0.1, -0.05) is 26.2 Å². The van der Waals surface area contributed by atoms with Crippen molar-refractivity contribution in [2.24, 2.45) is 5.92 Å². The fourth-order valence-corrected chi connectivity index (χ4v) is 2.60. The van der Waals surface area contributed by atoms with E-state index in [2.05, 4.69) is 19.2 Å². The zero-order valence-corrected chi connectivity index (χ0v) is 11.5. The van der Waals surface area contributed by atoms with Gasteiger partial charge in [0.1, 0.15) is 0 Å². The standard InChI is InChI=1S/C15H24N2O/c1-3-9-17-11-14(7-8-15(17)18)16-12(2)10-13-5-4-6-13/h7-8,11-13,16H,3-6,9-10H2,1-2H3. The third-order valence-corrected chi connectivity index (χ3v) is 3.77. The summed E-state index contributed by atoms with van der Waals surface area (Å²) < 4.78 is 1.79. The third kappa shape index (κ3) is 3.37. The Morgan fingerprint density at radius 2 is 2.22 bits per heavy atom. The first-order valence-electron chi connectivity index (χ1n) is 7.16. The Morgan fingerprint density at radius 1 is 1.44 bits per heavy atom. The lowest BCUT2D eigenvalue weighted by atomic mass is 9.81. The van der Waals surface area contributed by atoms with Gasteiger partial charge in [0.2, 0.25) is 0 Å². The lowest BCUT2D eigenvalue weighted by molar-refractivity contribution is 0.286. The molecule has 1 saturated carbocycles. The van der Waals surface area contributed by atoms with Gasteiger partial charge in [0.25, 0.3) is 5.56 Å².